The fourth-order valence-corrected chi connectivity index (χ4v) is 1.77. The number of hydrogen-bond donors (Lipinski definition) is 1. The second-order valence-electron chi connectivity index (χ2n) is 3.65. The Morgan fingerprint density at radius 3 is 2.31 bits per heavy atom. The Morgan fingerprint density at radius 2 is 1.88 bits per heavy atom. The van der Waals surface area contributed by atoms with E-state index in [1.165, 1.54) is 12.4 Å². The molecule has 0 spiro atoms. The Kier molecular flexibility index (Phi) is 5.11. The lowest BCUT2D eigenvalue weighted by atomic mass is 10.1. The number of nitrogens with two attached hydrogens (primary N) is 1. The Hall–Kier alpha value is -1.23. The minimum atomic E-state index is -0.416. The number of nitrogens with zero attached hydrogens (tertiary/aromatic N) is 3. The first kappa shape index (κ1) is 12.8. The second-order valence-corrected chi connectivity index (χ2v) is 3.65. The molecule has 90 valence electrons. The highest BCUT2D eigenvalue weighted by Crippen LogP contribution is 2.15. The smallest absolute Gasteiger partial charge is 0.225 e. The van der Waals surface area contributed by atoms with Crippen LogP contribution in [0.25, 0.3) is 0 Å². The molecule has 0 saturated carbocycles. The first-order valence-electron chi connectivity index (χ1n) is 5.67. The van der Waals surface area contributed by atoms with E-state index in [1.54, 1.807) is 0 Å². The molecule has 1 heterocycles. The third-order valence-electron chi connectivity index (χ3n) is 2.62. The van der Waals surface area contributed by atoms with E-state index < -0.39 is 5.82 Å². The highest BCUT2D eigenvalue weighted by molar-refractivity contribution is 5.30. The van der Waals surface area contributed by atoms with E-state index in [0.717, 1.165) is 12.8 Å². The highest BCUT2D eigenvalue weighted by atomic mass is 19.1. The first-order chi connectivity index (χ1) is 7.72. The van der Waals surface area contributed by atoms with E-state index in [9.17, 15) is 4.39 Å². The van der Waals surface area contributed by atoms with Crippen LogP contribution in [0.2, 0.25) is 0 Å². The van der Waals surface area contributed by atoms with Gasteiger partial charge in [0.05, 0.1) is 12.4 Å². The van der Waals surface area contributed by atoms with E-state index in [2.05, 4.69) is 23.8 Å². The number of aromatic nitrogens is 2. The SMILES string of the molecule is CCC(CC)N(CCN)c1ncc(F)cn1. The minimum Gasteiger partial charge on any atom is -0.337 e. The van der Waals surface area contributed by atoms with Crippen molar-refractivity contribution >= 4 is 5.95 Å². The van der Waals surface area contributed by atoms with Crippen molar-refractivity contribution in [2.75, 3.05) is 18.0 Å². The van der Waals surface area contributed by atoms with Gasteiger partial charge in [-0.1, -0.05) is 13.8 Å². The average Bonchev–Trinajstić information content (AvgIpc) is 2.31. The molecule has 0 saturated heterocycles. The van der Waals surface area contributed by atoms with Crippen molar-refractivity contribution in [1.82, 2.24) is 9.97 Å². The number of rotatable bonds is 6. The van der Waals surface area contributed by atoms with Crippen molar-refractivity contribution in [2.45, 2.75) is 32.7 Å². The molecular weight excluding hydrogens is 207 g/mol. The van der Waals surface area contributed by atoms with Crippen LogP contribution in [0.3, 0.4) is 0 Å². The molecule has 1 aromatic heterocycles. The summed E-state index contributed by atoms with van der Waals surface area (Å²) in [5, 5.41) is 0. The summed E-state index contributed by atoms with van der Waals surface area (Å²) in [6, 6.07) is 0.356. The summed E-state index contributed by atoms with van der Waals surface area (Å²) < 4.78 is 12.7. The molecule has 0 aliphatic heterocycles. The Bertz CT molecular complexity index is 297. The molecule has 1 rings (SSSR count). The van der Waals surface area contributed by atoms with Crippen molar-refractivity contribution in [3.05, 3.63) is 18.2 Å². The molecule has 4 nitrogen and oxygen atoms in total. The zero-order chi connectivity index (χ0) is 12.0. The Balaban J connectivity index is 2.87. The molecule has 0 atom stereocenters. The monoisotopic (exact) mass is 226 g/mol. The van der Waals surface area contributed by atoms with Crippen LogP contribution in [0.5, 0.6) is 0 Å². The first-order valence-corrected chi connectivity index (χ1v) is 5.67. The molecule has 2 N–H and O–H groups in total. The fourth-order valence-electron chi connectivity index (χ4n) is 1.77. The summed E-state index contributed by atoms with van der Waals surface area (Å²) >= 11 is 0. The lowest BCUT2D eigenvalue weighted by Crippen LogP contribution is -2.39. The summed E-state index contributed by atoms with van der Waals surface area (Å²) in [6.45, 7) is 5.46. The summed E-state index contributed by atoms with van der Waals surface area (Å²) in [4.78, 5) is 10.0. The fraction of sp³-hybridized carbons (Fsp3) is 0.636. The van der Waals surface area contributed by atoms with E-state index in [0.29, 0.717) is 25.1 Å². The summed E-state index contributed by atoms with van der Waals surface area (Å²) in [5.41, 5.74) is 5.57. The maximum atomic E-state index is 12.7. The molecule has 0 aromatic carbocycles. The van der Waals surface area contributed by atoms with Gasteiger partial charge in [-0.2, -0.15) is 0 Å². The predicted octanol–water partition coefficient (Wildman–Crippen LogP) is 1.57. The van der Waals surface area contributed by atoms with Crippen molar-refractivity contribution in [1.29, 1.82) is 0 Å². The van der Waals surface area contributed by atoms with Gasteiger partial charge in [0.15, 0.2) is 5.82 Å². The second kappa shape index (κ2) is 6.37. The maximum absolute atomic E-state index is 12.7. The summed E-state index contributed by atoms with van der Waals surface area (Å²) in [6.07, 6.45) is 4.37. The zero-order valence-electron chi connectivity index (χ0n) is 9.86. The van der Waals surface area contributed by atoms with Gasteiger partial charge in [0, 0.05) is 19.1 Å². The summed E-state index contributed by atoms with van der Waals surface area (Å²) in [7, 11) is 0. The van der Waals surface area contributed by atoms with Crippen LogP contribution < -0.4 is 10.6 Å². The zero-order valence-corrected chi connectivity index (χ0v) is 9.86. The quantitative estimate of drug-likeness (QED) is 0.800. The van der Waals surface area contributed by atoms with Gasteiger partial charge in [0.2, 0.25) is 5.95 Å². The van der Waals surface area contributed by atoms with Gasteiger partial charge < -0.3 is 10.6 Å². The minimum absolute atomic E-state index is 0.356. The Morgan fingerprint density at radius 1 is 1.31 bits per heavy atom. The average molecular weight is 226 g/mol. The van der Waals surface area contributed by atoms with Crippen LogP contribution in [0.15, 0.2) is 12.4 Å². The van der Waals surface area contributed by atoms with Crippen LogP contribution in [-0.4, -0.2) is 29.1 Å². The molecule has 16 heavy (non-hydrogen) atoms. The third-order valence-corrected chi connectivity index (χ3v) is 2.62. The van der Waals surface area contributed by atoms with Gasteiger partial charge in [0.25, 0.3) is 0 Å². The molecule has 0 aliphatic rings. The van der Waals surface area contributed by atoms with Crippen molar-refractivity contribution in [3.8, 4) is 0 Å². The molecule has 0 amide bonds. The number of halogens is 1. The topological polar surface area (TPSA) is 55.0 Å². The molecule has 0 unspecified atom stereocenters. The van der Waals surface area contributed by atoms with E-state index in [-0.39, 0.29) is 0 Å². The molecule has 5 heteroatoms. The van der Waals surface area contributed by atoms with Gasteiger partial charge in [-0.25, -0.2) is 14.4 Å². The van der Waals surface area contributed by atoms with E-state index >= 15 is 0 Å². The lowest BCUT2D eigenvalue weighted by Gasteiger charge is -2.29. The highest BCUT2D eigenvalue weighted by Gasteiger charge is 2.17. The summed E-state index contributed by atoms with van der Waals surface area (Å²) in [5.74, 6) is 0.140. The molecular formula is C11H19FN4. The van der Waals surface area contributed by atoms with Crippen LogP contribution in [0.1, 0.15) is 26.7 Å². The number of anilines is 1. The molecule has 0 fully saturated rings. The van der Waals surface area contributed by atoms with E-state index in [4.69, 9.17) is 5.73 Å². The molecule has 1 aromatic rings. The van der Waals surface area contributed by atoms with Crippen LogP contribution >= 0.6 is 0 Å². The largest absolute Gasteiger partial charge is 0.337 e. The lowest BCUT2D eigenvalue weighted by molar-refractivity contribution is 0.543. The van der Waals surface area contributed by atoms with Gasteiger partial charge >= 0.3 is 0 Å². The van der Waals surface area contributed by atoms with E-state index in [1.807, 2.05) is 4.90 Å². The van der Waals surface area contributed by atoms with Crippen molar-refractivity contribution < 1.29 is 4.39 Å². The van der Waals surface area contributed by atoms with Crippen LogP contribution in [-0.2, 0) is 0 Å². The molecule has 0 radical (unpaired) electrons. The van der Waals surface area contributed by atoms with Gasteiger partial charge in [-0.3, -0.25) is 0 Å². The van der Waals surface area contributed by atoms with Gasteiger partial charge in [-0.05, 0) is 12.8 Å². The number of hydrogen-bond acceptors (Lipinski definition) is 4. The third kappa shape index (κ3) is 3.13. The van der Waals surface area contributed by atoms with Crippen molar-refractivity contribution in [3.63, 3.8) is 0 Å². The molecule has 0 bridgehead atoms. The van der Waals surface area contributed by atoms with Gasteiger partial charge in [0.1, 0.15) is 0 Å². The van der Waals surface area contributed by atoms with Crippen molar-refractivity contribution in [2.24, 2.45) is 5.73 Å². The predicted molar refractivity (Wildman–Crippen MR) is 62.8 cm³/mol. The normalized spacial score (nSPS) is 10.8. The Labute approximate surface area is 95.7 Å². The maximum Gasteiger partial charge on any atom is 0.225 e. The van der Waals surface area contributed by atoms with Crippen LogP contribution in [0.4, 0.5) is 10.3 Å². The van der Waals surface area contributed by atoms with Crippen LogP contribution in [0, 0.1) is 5.82 Å². The van der Waals surface area contributed by atoms with Gasteiger partial charge in [-0.15, -0.1) is 0 Å². The standard InChI is InChI=1S/C11H19FN4/c1-3-10(4-2)16(6-5-13)11-14-7-9(12)8-15-11/h7-8,10H,3-6,13H2,1-2H3. The molecule has 0 aliphatic carbocycles.